The van der Waals surface area contributed by atoms with Crippen molar-refractivity contribution in [2.75, 3.05) is 13.6 Å². The molecule has 0 aromatic carbocycles. The van der Waals surface area contributed by atoms with Gasteiger partial charge in [-0.1, -0.05) is 6.92 Å². The quantitative estimate of drug-likeness (QED) is 0.748. The average molecular weight is 301 g/mol. The number of hydrogen-bond donors (Lipinski definition) is 1. The highest BCUT2D eigenvalue weighted by molar-refractivity contribution is 7.89. The van der Waals surface area contributed by atoms with Crippen molar-refractivity contribution in [3.63, 3.8) is 0 Å². The lowest BCUT2D eigenvalue weighted by molar-refractivity contribution is 0.410. The van der Waals surface area contributed by atoms with Crippen LogP contribution >= 0.6 is 0 Å². The van der Waals surface area contributed by atoms with Crippen LogP contribution in [-0.2, 0) is 23.1 Å². The van der Waals surface area contributed by atoms with Crippen molar-refractivity contribution in [3.05, 3.63) is 18.0 Å². The van der Waals surface area contributed by atoms with E-state index in [0.29, 0.717) is 11.4 Å². The molecule has 0 fully saturated rings. The van der Waals surface area contributed by atoms with Crippen LogP contribution in [0.1, 0.15) is 39.8 Å². The number of aromatic nitrogens is 1. The molecule has 6 heteroatoms. The van der Waals surface area contributed by atoms with Crippen molar-refractivity contribution >= 4 is 10.0 Å². The van der Waals surface area contributed by atoms with Gasteiger partial charge in [-0.2, -0.15) is 4.31 Å². The van der Waals surface area contributed by atoms with Gasteiger partial charge in [-0.15, -0.1) is 0 Å². The molecule has 1 rings (SSSR count). The minimum atomic E-state index is -3.40. The summed E-state index contributed by atoms with van der Waals surface area (Å²) in [5.74, 6) is 0. The molecule has 0 radical (unpaired) electrons. The summed E-state index contributed by atoms with van der Waals surface area (Å²) in [4.78, 5) is 0.379. The summed E-state index contributed by atoms with van der Waals surface area (Å²) in [6.45, 7) is 10.3. The molecule has 0 aliphatic rings. The van der Waals surface area contributed by atoms with E-state index in [0.717, 1.165) is 25.2 Å². The van der Waals surface area contributed by atoms with Crippen molar-refractivity contribution in [1.29, 1.82) is 0 Å². The highest BCUT2D eigenvalue weighted by atomic mass is 32.2. The van der Waals surface area contributed by atoms with Gasteiger partial charge in [0.05, 0.1) is 0 Å². The van der Waals surface area contributed by atoms with Crippen molar-refractivity contribution in [1.82, 2.24) is 14.2 Å². The van der Waals surface area contributed by atoms with Crippen LogP contribution in [0.15, 0.2) is 17.2 Å². The van der Waals surface area contributed by atoms with Crippen LogP contribution in [-0.4, -0.2) is 36.9 Å². The lowest BCUT2D eigenvalue weighted by atomic mass is 10.4. The topological polar surface area (TPSA) is 54.3 Å². The molecule has 0 saturated heterocycles. The summed E-state index contributed by atoms with van der Waals surface area (Å²) in [5.41, 5.74) is 1.01. The third kappa shape index (κ3) is 3.84. The number of rotatable bonds is 8. The molecule has 0 spiro atoms. The van der Waals surface area contributed by atoms with Crippen molar-refractivity contribution in [2.24, 2.45) is 0 Å². The van der Waals surface area contributed by atoms with Crippen LogP contribution in [0.3, 0.4) is 0 Å². The Balaban J connectivity index is 3.02. The summed E-state index contributed by atoms with van der Waals surface area (Å²) >= 11 is 0. The van der Waals surface area contributed by atoms with Gasteiger partial charge in [-0.25, -0.2) is 8.42 Å². The van der Waals surface area contributed by atoms with Gasteiger partial charge < -0.3 is 9.88 Å². The van der Waals surface area contributed by atoms with Crippen LogP contribution in [0.4, 0.5) is 0 Å². The maximum absolute atomic E-state index is 12.5. The number of nitrogens with one attached hydrogen (secondary N) is 1. The van der Waals surface area contributed by atoms with Crippen LogP contribution in [0.5, 0.6) is 0 Å². The molecule has 0 aliphatic heterocycles. The van der Waals surface area contributed by atoms with E-state index < -0.39 is 10.0 Å². The molecule has 0 unspecified atom stereocenters. The molecular weight excluding hydrogens is 274 g/mol. The van der Waals surface area contributed by atoms with E-state index in [-0.39, 0.29) is 6.04 Å². The molecule has 0 saturated carbocycles. The summed E-state index contributed by atoms with van der Waals surface area (Å²) in [6.07, 6.45) is 2.80. The number of aryl methyl sites for hydroxylation is 1. The fourth-order valence-corrected chi connectivity index (χ4v) is 3.38. The zero-order valence-electron chi connectivity index (χ0n) is 13.2. The Hall–Kier alpha value is -0.850. The van der Waals surface area contributed by atoms with E-state index in [1.807, 2.05) is 25.3 Å². The van der Waals surface area contributed by atoms with E-state index in [2.05, 4.69) is 12.2 Å². The van der Waals surface area contributed by atoms with Gasteiger partial charge >= 0.3 is 0 Å². The standard InChI is InChI=1S/C14H27N3O2S/c1-6-8-15-10-13-9-14(11-17(13)7-2)20(18,19)16(5)12(3)4/h9,11-12,15H,6-8,10H2,1-5H3. The molecule has 0 atom stereocenters. The Labute approximate surface area is 123 Å². The normalized spacial score (nSPS) is 12.6. The Morgan fingerprint density at radius 2 is 2.00 bits per heavy atom. The zero-order valence-corrected chi connectivity index (χ0v) is 14.0. The molecule has 0 bridgehead atoms. The monoisotopic (exact) mass is 301 g/mol. The van der Waals surface area contributed by atoms with Gasteiger partial charge in [-0.05, 0) is 39.8 Å². The molecule has 0 aliphatic carbocycles. The second-order valence-corrected chi connectivity index (χ2v) is 7.24. The van der Waals surface area contributed by atoms with Gasteiger partial charge in [0.1, 0.15) is 4.90 Å². The second-order valence-electron chi connectivity index (χ2n) is 5.24. The largest absolute Gasteiger partial charge is 0.349 e. The van der Waals surface area contributed by atoms with Gasteiger partial charge in [0.25, 0.3) is 0 Å². The maximum atomic E-state index is 12.5. The lowest BCUT2D eigenvalue weighted by Gasteiger charge is -2.19. The first kappa shape index (κ1) is 17.2. The van der Waals surface area contributed by atoms with Crippen molar-refractivity contribution in [3.8, 4) is 0 Å². The average Bonchev–Trinajstić information content (AvgIpc) is 2.82. The second kappa shape index (κ2) is 7.24. The van der Waals surface area contributed by atoms with Crippen LogP contribution in [0.2, 0.25) is 0 Å². The molecular formula is C14H27N3O2S. The minimum Gasteiger partial charge on any atom is -0.349 e. The van der Waals surface area contributed by atoms with E-state index in [1.165, 1.54) is 4.31 Å². The minimum absolute atomic E-state index is 0.0494. The van der Waals surface area contributed by atoms with Gasteiger partial charge in [-0.3, -0.25) is 0 Å². The van der Waals surface area contributed by atoms with Crippen molar-refractivity contribution in [2.45, 2.75) is 58.1 Å². The number of nitrogens with zero attached hydrogens (tertiary/aromatic N) is 2. The van der Waals surface area contributed by atoms with Crippen LogP contribution in [0, 0.1) is 0 Å². The molecule has 5 nitrogen and oxygen atoms in total. The summed E-state index contributed by atoms with van der Waals surface area (Å²) in [6, 6.07) is 1.73. The molecule has 1 N–H and O–H groups in total. The van der Waals surface area contributed by atoms with Gasteiger partial charge in [0.2, 0.25) is 10.0 Å². The SMILES string of the molecule is CCCNCc1cc(S(=O)(=O)N(C)C(C)C)cn1CC. The zero-order chi connectivity index (χ0) is 15.3. The fourth-order valence-electron chi connectivity index (χ4n) is 1.95. The first-order chi connectivity index (χ1) is 9.34. The highest BCUT2D eigenvalue weighted by Gasteiger charge is 2.25. The third-order valence-corrected chi connectivity index (χ3v) is 5.44. The first-order valence-electron chi connectivity index (χ1n) is 7.22. The predicted molar refractivity (Wildman–Crippen MR) is 82.2 cm³/mol. The first-order valence-corrected chi connectivity index (χ1v) is 8.66. The Morgan fingerprint density at radius 3 is 2.50 bits per heavy atom. The van der Waals surface area contributed by atoms with Crippen LogP contribution in [0.25, 0.3) is 0 Å². The summed E-state index contributed by atoms with van der Waals surface area (Å²) in [7, 11) is -1.77. The van der Waals surface area contributed by atoms with E-state index in [9.17, 15) is 8.42 Å². The molecule has 1 heterocycles. The van der Waals surface area contributed by atoms with Gasteiger partial charge in [0.15, 0.2) is 0 Å². The lowest BCUT2D eigenvalue weighted by Crippen LogP contribution is -2.32. The Kier molecular flexibility index (Phi) is 6.23. The maximum Gasteiger partial charge on any atom is 0.244 e. The molecule has 1 aromatic heterocycles. The van der Waals surface area contributed by atoms with Crippen LogP contribution < -0.4 is 5.32 Å². The Bertz CT molecular complexity index is 521. The summed E-state index contributed by atoms with van der Waals surface area (Å²) < 4.78 is 28.4. The smallest absolute Gasteiger partial charge is 0.244 e. The third-order valence-electron chi connectivity index (χ3n) is 3.44. The van der Waals surface area contributed by atoms with E-state index >= 15 is 0 Å². The van der Waals surface area contributed by atoms with Gasteiger partial charge in [0, 0.05) is 38.1 Å². The molecule has 0 amide bonds. The highest BCUT2D eigenvalue weighted by Crippen LogP contribution is 2.19. The summed E-state index contributed by atoms with van der Waals surface area (Å²) in [5, 5.41) is 3.31. The fraction of sp³-hybridized carbons (Fsp3) is 0.714. The predicted octanol–water partition coefficient (Wildman–Crippen LogP) is 2.04. The van der Waals surface area contributed by atoms with E-state index in [1.54, 1.807) is 19.3 Å². The molecule has 20 heavy (non-hydrogen) atoms. The Morgan fingerprint density at radius 1 is 1.35 bits per heavy atom. The number of hydrogen-bond acceptors (Lipinski definition) is 3. The van der Waals surface area contributed by atoms with E-state index in [4.69, 9.17) is 0 Å². The molecule has 116 valence electrons. The van der Waals surface area contributed by atoms with Crippen molar-refractivity contribution < 1.29 is 8.42 Å². The molecule has 1 aromatic rings. The number of sulfonamides is 1.